The number of aromatic amines is 1. The molecule has 0 unspecified atom stereocenters. The number of nitrogens with one attached hydrogen (secondary N) is 2. The van der Waals surface area contributed by atoms with Crippen molar-refractivity contribution < 1.29 is 4.79 Å². The number of H-pyrrole nitrogens is 1. The van der Waals surface area contributed by atoms with Gasteiger partial charge in [0.1, 0.15) is 5.82 Å². The minimum Gasteiger partial charge on any atom is -0.384 e. The number of carbonyl (C=O) groups excluding carboxylic acids is 1. The van der Waals surface area contributed by atoms with Gasteiger partial charge in [-0.05, 0) is 13.8 Å². The van der Waals surface area contributed by atoms with Crippen LogP contribution in [0.15, 0.2) is 6.20 Å². The van der Waals surface area contributed by atoms with E-state index in [1.54, 1.807) is 10.9 Å². The molecule has 0 aromatic carbocycles. The predicted molar refractivity (Wildman–Crippen MR) is 66.9 cm³/mol. The molecule has 4 N–H and O–H groups in total. The Bertz CT molecular complexity index is 582. The first-order chi connectivity index (χ1) is 8.50. The highest BCUT2D eigenvalue weighted by Crippen LogP contribution is 2.12. The third-order valence-electron chi connectivity index (χ3n) is 2.93. The summed E-state index contributed by atoms with van der Waals surface area (Å²) in [6.45, 7) is 4.02. The average molecular weight is 248 g/mol. The molecule has 1 amide bonds. The first-order valence-electron chi connectivity index (χ1n) is 5.56. The molecule has 2 aromatic heterocycles. The molecule has 0 aliphatic heterocycles. The summed E-state index contributed by atoms with van der Waals surface area (Å²) in [5.74, 6) is 0.314. The standard InChI is InChI=1S/C11H16N6O/c1-6-9(7(2)17(3)16-6)11(18)13-4-8-5-14-15-10(8)12/h5H,4H2,1-3H3,(H,13,18)(H3,12,14,15). The average Bonchev–Trinajstić information content (AvgIpc) is 2.81. The van der Waals surface area contributed by atoms with Crippen LogP contribution >= 0.6 is 0 Å². The van der Waals surface area contributed by atoms with Crippen LogP contribution in [0.5, 0.6) is 0 Å². The molecule has 0 bridgehead atoms. The van der Waals surface area contributed by atoms with Crippen molar-refractivity contribution in [2.75, 3.05) is 5.73 Å². The van der Waals surface area contributed by atoms with Crippen molar-refractivity contribution >= 4 is 11.7 Å². The number of hydrogen-bond acceptors (Lipinski definition) is 4. The first kappa shape index (κ1) is 12.2. The predicted octanol–water partition coefficient (Wildman–Crippen LogP) is 0.272. The van der Waals surface area contributed by atoms with Gasteiger partial charge in [0, 0.05) is 24.8 Å². The van der Waals surface area contributed by atoms with E-state index >= 15 is 0 Å². The summed E-state index contributed by atoms with van der Waals surface area (Å²) in [6, 6.07) is 0. The van der Waals surface area contributed by atoms with Crippen LogP contribution in [-0.2, 0) is 13.6 Å². The number of carbonyl (C=O) groups is 1. The number of anilines is 1. The summed E-state index contributed by atoms with van der Waals surface area (Å²) in [5, 5.41) is 13.4. The van der Waals surface area contributed by atoms with E-state index in [-0.39, 0.29) is 5.91 Å². The van der Waals surface area contributed by atoms with Crippen LogP contribution < -0.4 is 11.1 Å². The van der Waals surface area contributed by atoms with Gasteiger partial charge >= 0.3 is 0 Å². The molecule has 0 fully saturated rings. The van der Waals surface area contributed by atoms with E-state index in [4.69, 9.17) is 5.73 Å². The van der Waals surface area contributed by atoms with Crippen molar-refractivity contribution in [3.63, 3.8) is 0 Å². The van der Waals surface area contributed by atoms with E-state index in [0.717, 1.165) is 11.3 Å². The Kier molecular flexibility index (Phi) is 3.05. The van der Waals surface area contributed by atoms with E-state index in [2.05, 4.69) is 20.6 Å². The monoisotopic (exact) mass is 248 g/mol. The molecule has 0 saturated heterocycles. The summed E-state index contributed by atoms with van der Waals surface area (Å²) in [6.07, 6.45) is 1.60. The van der Waals surface area contributed by atoms with E-state index in [1.165, 1.54) is 0 Å². The molecule has 96 valence electrons. The van der Waals surface area contributed by atoms with Crippen LogP contribution in [-0.4, -0.2) is 25.9 Å². The third kappa shape index (κ3) is 2.06. The van der Waals surface area contributed by atoms with Gasteiger partial charge in [0.2, 0.25) is 0 Å². The van der Waals surface area contributed by atoms with Crippen molar-refractivity contribution in [1.29, 1.82) is 0 Å². The number of aryl methyl sites for hydroxylation is 2. The van der Waals surface area contributed by atoms with Crippen molar-refractivity contribution in [3.05, 3.63) is 28.7 Å². The summed E-state index contributed by atoms with van der Waals surface area (Å²) in [7, 11) is 1.81. The van der Waals surface area contributed by atoms with Crippen molar-refractivity contribution in [2.45, 2.75) is 20.4 Å². The molecule has 7 heteroatoms. The van der Waals surface area contributed by atoms with Gasteiger partial charge in [0.15, 0.2) is 0 Å². The van der Waals surface area contributed by atoms with Crippen LogP contribution in [0.2, 0.25) is 0 Å². The number of amides is 1. The summed E-state index contributed by atoms with van der Waals surface area (Å²) in [4.78, 5) is 12.1. The van der Waals surface area contributed by atoms with Gasteiger partial charge in [0.05, 0.1) is 17.5 Å². The Hall–Kier alpha value is -2.31. The molecular weight excluding hydrogens is 232 g/mol. The second kappa shape index (κ2) is 4.52. The van der Waals surface area contributed by atoms with Crippen molar-refractivity contribution in [3.8, 4) is 0 Å². The highest BCUT2D eigenvalue weighted by Gasteiger charge is 2.17. The minimum atomic E-state index is -0.154. The molecule has 0 aliphatic rings. The maximum atomic E-state index is 12.1. The molecule has 2 heterocycles. The molecule has 0 aliphatic carbocycles. The molecule has 0 spiro atoms. The zero-order valence-electron chi connectivity index (χ0n) is 10.6. The third-order valence-corrected chi connectivity index (χ3v) is 2.93. The van der Waals surface area contributed by atoms with Crippen LogP contribution in [0.3, 0.4) is 0 Å². The van der Waals surface area contributed by atoms with Crippen LogP contribution in [0, 0.1) is 13.8 Å². The lowest BCUT2D eigenvalue weighted by molar-refractivity contribution is 0.0949. The first-order valence-corrected chi connectivity index (χ1v) is 5.56. The Balaban J connectivity index is 2.11. The fourth-order valence-corrected chi connectivity index (χ4v) is 1.83. The summed E-state index contributed by atoms with van der Waals surface area (Å²) < 4.78 is 1.69. The Labute approximate surface area is 104 Å². The number of aromatic nitrogens is 4. The van der Waals surface area contributed by atoms with Crippen LogP contribution in [0.4, 0.5) is 5.82 Å². The van der Waals surface area contributed by atoms with E-state index < -0.39 is 0 Å². The summed E-state index contributed by atoms with van der Waals surface area (Å²) >= 11 is 0. The number of nitrogens with two attached hydrogens (primary N) is 1. The molecule has 7 nitrogen and oxygen atoms in total. The molecule has 0 radical (unpaired) electrons. The topological polar surface area (TPSA) is 102 Å². The van der Waals surface area contributed by atoms with Gasteiger partial charge in [-0.1, -0.05) is 0 Å². The molecule has 18 heavy (non-hydrogen) atoms. The maximum absolute atomic E-state index is 12.1. The van der Waals surface area contributed by atoms with E-state index in [9.17, 15) is 4.79 Å². The molecule has 2 rings (SSSR count). The molecule has 2 aromatic rings. The molecular formula is C11H16N6O. The smallest absolute Gasteiger partial charge is 0.255 e. The second-order valence-corrected chi connectivity index (χ2v) is 4.16. The number of hydrogen-bond donors (Lipinski definition) is 3. The van der Waals surface area contributed by atoms with Crippen molar-refractivity contribution in [1.82, 2.24) is 25.3 Å². The lowest BCUT2D eigenvalue weighted by atomic mass is 10.2. The van der Waals surface area contributed by atoms with Gasteiger partial charge in [-0.25, -0.2) is 0 Å². The fraction of sp³-hybridized carbons (Fsp3) is 0.364. The Morgan fingerprint density at radius 2 is 2.28 bits per heavy atom. The van der Waals surface area contributed by atoms with Gasteiger partial charge in [0.25, 0.3) is 5.91 Å². The number of nitrogens with zero attached hydrogens (tertiary/aromatic N) is 3. The van der Waals surface area contributed by atoms with Gasteiger partial charge in [-0.2, -0.15) is 10.2 Å². The lowest BCUT2D eigenvalue weighted by Crippen LogP contribution is -2.24. The fourth-order valence-electron chi connectivity index (χ4n) is 1.83. The minimum absolute atomic E-state index is 0.154. The Morgan fingerprint density at radius 1 is 1.56 bits per heavy atom. The quantitative estimate of drug-likeness (QED) is 0.725. The second-order valence-electron chi connectivity index (χ2n) is 4.16. The summed E-state index contributed by atoms with van der Waals surface area (Å²) in [5.41, 5.74) is 8.57. The molecule has 0 saturated carbocycles. The van der Waals surface area contributed by atoms with E-state index in [0.29, 0.717) is 23.6 Å². The SMILES string of the molecule is Cc1nn(C)c(C)c1C(=O)NCc1cn[nH]c1N. The van der Waals surface area contributed by atoms with Crippen LogP contribution in [0.1, 0.15) is 27.3 Å². The van der Waals surface area contributed by atoms with E-state index in [1.807, 2.05) is 20.9 Å². The normalized spacial score (nSPS) is 10.6. The zero-order chi connectivity index (χ0) is 13.3. The lowest BCUT2D eigenvalue weighted by Gasteiger charge is -2.04. The largest absolute Gasteiger partial charge is 0.384 e. The van der Waals surface area contributed by atoms with Crippen LogP contribution in [0.25, 0.3) is 0 Å². The van der Waals surface area contributed by atoms with Gasteiger partial charge in [-0.15, -0.1) is 0 Å². The van der Waals surface area contributed by atoms with Gasteiger partial charge in [-0.3, -0.25) is 14.6 Å². The number of rotatable bonds is 3. The van der Waals surface area contributed by atoms with Crippen molar-refractivity contribution in [2.24, 2.45) is 7.05 Å². The Morgan fingerprint density at radius 3 is 2.78 bits per heavy atom. The van der Waals surface area contributed by atoms with Gasteiger partial charge < -0.3 is 11.1 Å². The highest BCUT2D eigenvalue weighted by atomic mass is 16.1. The number of nitrogen functional groups attached to an aromatic ring is 1. The maximum Gasteiger partial charge on any atom is 0.255 e. The molecule has 0 atom stereocenters. The zero-order valence-corrected chi connectivity index (χ0v) is 10.6. The highest BCUT2D eigenvalue weighted by molar-refractivity contribution is 5.96.